The maximum atomic E-state index is 11.6. The standard InChI is InChI=1S/C10H11N3O2S2/c1-2-17(14,15)8-5-3-7(4-6-8)9-10(11)13-16-12-9/h3-6H,2H2,1H3,(H2,11,13). The van der Waals surface area contributed by atoms with Gasteiger partial charge in [-0.15, -0.1) is 0 Å². The molecule has 0 radical (unpaired) electrons. The second-order valence-electron chi connectivity index (χ2n) is 3.43. The molecule has 2 N–H and O–H groups in total. The Labute approximate surface area is 104 Å². The van der Waals surface area contributed by atoms with Gasteiger partial charge < -0.3 is 5.73 Å². The Kier molecular flexibility index (Phi) is 3.12. The molecule has 0 amide bonds. The van der Waals surface area contributed by atoms with E-state index in [2.05, 4.69) is 8.75 Å². The lowest BCUT2D eigenvalue weighted by atomic mass is 10.1. The van der Waals surface area contributed by atoms with E-state index in [0.29, 0.717) is 16.4 Å². The molecule has 2 aromatic rings. The largest absolute Gasteiger partial charge is 0.381 e. The van der Waals surface area contributed by atoms with Gasteiger partial charge in [0, 0.05) is 5.56 Å². The summed E-state index contributed by atoms with van der Waals surface area (Å²) in [5.74, 6) is 0.452. The van der Waals surface area contributed by atoms with Gasteiger partial charge >= 0.3 is 0 Å². The summed E-state index contributed by atoms with van der Waals surface area (Å²) in [6.45, 7) is 1.62. The van der Waals surface area contributed by atoms with Crippen molar-refractivity contribution in [2.75, 3.05) is 11.5 Å². The zero-order chi connectivity index (χ0) is 12.5. The highest BCUT2D eigenvalue weighted by Crippen LogP contribution is 2.24. The predicted octanol–water partition coefficient (Wildman–Crippen LogP) is 1.58. The molecule has 0 bridgehead atoms. The molecule has 0 unspecified atom stereocenters. The number of nitrogens with zero attached hydrogens (tertiary/aromatic N) is 2. The molecule has 0 spiro atoms. The molecular weight excluding hydrogens is 258 g/mol. The first-order chi connectivity index (χ1) is 8.04. The molecule has 90 valence electrons. The zero-order valence-electron chi connectivity index (χ0n) is 9.12. The van der Waals surface area contributed by atoms with Crippen LogP contribution in [0.1, 0.15) is 6.92 Å². The summed E-state index contributed by atoms with van der Waals surface area (Å²) in [7, 11) is -3.16. The number of hydrogen-bond donors (Lipinski definition) is 1. The number of rotatable bonds is 3. The van der Waals surface area contributed by atoms with E-state index in [0.717, 1.165) is 17.3 Å². The minimum Gasteiger partial charge on any atom is -0.381 e. The lowest BCUT2D eigenvalue weighted by molar-refractivity contribution is 0.597. The van der Waals surface area contributed by atoms with E-state index in [4.69, 9.17) is 5.73 Å². The Morgan fingerprint density at radius 3 is 2.35 bits per heavy atom. The Morgan fingerprint density at radius 1 is 1.24 bits per heavy atom. The van der Waals surface area contributed by atoms with Crippen molar-refractivity contribution < 1.29 is 8.42 Å². The van der Waals surface area contributed by atoms with Gasteiger partial charge in [0.15, 0.2) is 15.7 Å². The van der Waals surface area contributed by atoms with E-state index >= 15 is 0 Å². The maximum absolute atomic E-state index is 11.6. The molecular formula is C10H11N3O2S2. The van der Waals surface area contributed by atoms with E-state index in [9.17, 15) is 8.42 Å². The molecule has 1 aromatic heterocycles. The SMILES string of the molecule is CCS(=O)(=O)c1ccc(-c2nsnc2N)cc1. The van der Waals surface area contributed by atoms with Crippen molar-refractivity contribution in [1.29, 1.82) is 0 Å². The molecule has 0 fully saturated rings. The van der Waals surface area contributed by atoms with Gasteiger partial charge in [-0.2, -0.15) is 8.75 Å². The van der Waals surface area contributed by atoms with Crippen molar-refractivity contribution >= 4 is 27.4 Å². The Balaban J connectivity index is 2.41. The van der Waals surface area contributed by atoms with Gasteiger partial charge in [0.2, 0.25) is 0 Å². The molecule has 1 aromatic carbocycles. The Hall–Kier alpha value is -1.47. The van der Waals surface area contributed by atoms with Gasteiger partial charge in [0.05, 0.1) is 22.4 Å². The van der Waals surface area contributed by atoms with Crippen molar-refractivity contribution in [1.82, 2.24) is 8.75 Å². The van der Waals surface area contributed by atoms with Crippen molar-refractivity contribution in [3.63, 3.8) is 0 Å². The lowest BCUT2D eigenvalue weighted by Gasteiger charge is -2.02. The van der Waals surface area contributed by atoms with Crippen LogP contribution in [0.2, 0.25) is 0 Å². The van der Waals surface area contributed by atoms with Crippen molar-refractivity contribution in [2.24, 2.45) is 0 Å². The molecule has 0 aliphatic carbocycles. The molecule has 5 nitrogen and oxygen atoms in total. The van der Waals surface area contributed by atoms with E-state index in [1.165, 1.54) is 0 Å². The number of hydrogen-bond acceptors (Lipinski definition) is 6. The Morgan fingerprint density at radius 2 is 1.88 bits per heavy atom. The lowest BCUT2D eigenvalue weighted by Crippen LogP contribution is -2.03. The van der Waals surface area contributed by atoms with Gasteiger partial charge in [0.1, 0.15) is 5.69 Å². The smallest absolute Gasteiger partial charge is 0.178 e. The van der Waals surface area contributed by atoms with Crippen LogP contribution in [-0.4, -0.2) is 22.9 Å². The number of nitrogen functional groups attached to an aromatic ring is 1. The van der Waals surface area contributed by atoms with Crippen LogP contribution in [0.4, 0.5) is 5.82 Å². The maximum Gasteiger partial charge on any atom is 0.178 e. The number of nitrogens with two attached hydrogens (primary N) is 1. The van der Waals surface area contributed by atoms with Gasteiger partial charge in [-0.1, -0.05) is 19.1 Å². The van der Waals surface area contributed by atoms with E-state index in [1.54, 1.807) is 31.2 Å². The summed E-state index contributed by atoms with van der Waals surface area (Å²) in [6.07, 6.45) is 0. The third-order valence-corrected chi connectivity index (χ3v) is 4.67. The second-order valence-corrected chi connectivity index (χ2v) is 6.23. The Bertz CT molecular complexity index is 617. The molecule has 7 heteroatoms. The highest BCUT2D eigenvalue weighted by atomic mass is 32.2. The molecule has 1 heterocycles. The summed E-state index contributed by atoms with van der Waals surface area (Å²) in [6, 6.07) is 6.51. The summed E-state index contributed by atoms with van der Waals surface area (Å²) in [5.41, 5.74) is 7.00. The van der Waals surface area contributed by atoms with Crippen molar-refractivity contribution in [2.45, 2.75) is 11.8 Å². The van der Waals surface area contributed by atoms with Crippen molar-refractivity contribution in [3.8, 4) is 11.3 Å². The minimum absolute atomic E-state index is 0.0900. The number of aromatic nitrogens is 2. The van der Waals surface area contributed by atoms with Crippen molar-refractivity contribution in [3.05, 3.63) is 24.3 Å². The third-order valence-electron chi connectivity index (χ3n) is 2.38. The van der Waals surface area contributed by atoms with Gasteiger partial charge in [0.25, 0.3) is 0 Å². The minimum atomic E-state index is -3.16. The fourth-order valence-corrected chi connectivity index (χ4v) is 2.76. The van der Waals surface area contributed by atoms with E-state index < -0.39 is 9.84 Å². The van der Waals surface area contributed by atoms with Crippen LogP contribution in [0.3, 0.4) is 0 Å². The summed E-state index contributed by atoms with van der Waals surface area (Å²) >= 11 is 1.03. The van der Waals surface area contributed by atoms with E-state index in [-0.39, 0.29) is 5.75 Å². The van der Waals surface area contributed by atoms with Gasteiger partial charge in [-0.25, -0.2) is 8.42 Å². The first-order valence-corrected chi connectivity index (χ1v) is 7.34. The topological polar surface area (TPSA) is 85.9 Å². The zero-order valence-corrected chi connectivity index (χ0v) is 10.8. The highest BCUT2D eigenvalue weighted by molar-refractivity contribution is 7.91. The summed E-state index contributed by atoms with van der Waals surface area (Å²) < 4.78 is 31.2. The predicted molar refractivity (Wildman–Crippen MR) is 67.5 cm³/mol. The molecule has 2 rings (SSSR count). The fourth-order valence-electron chi connectivity index (χ4n) is 1.38. The van der Waals surface area contributed by atoms with Crippen LogP contribution in [0.15, 0.2) is 29.2 Å². The summed E-state index contributed by atoms with van der Waals surface area (Å²) in [5, 5.41) is 0. The first-order valence-electron chi connectivity index (χ1n) is 4.96. The average Bonchev–Trinajstić information content (AvgIpc) is 2.76. The quantitative estimate of drug-likeness (QED) is 0.914. The molecule has 0 atom stereocenters. The number of anilines is 1. The van der Waals surface area contributed by atoms with Crippen LogP contribution in [0.5, 0.6) is 0 Å². The normalized spacial score (nSPS) is 11.6. The summed E-state index contributed by atoms with van der Waals surface area (Å²) in [4.78, 5) is 0.311. The third kappa shape index (κ3) is 2.29. The van der Waals surface area contributed by atoms with Gasteiger partial charge in [-0.3, -0.25) is 0 Å². The first kappa shape index (κ1) is 12.0. The average molecular weight is 269 g/mol. The monoisotopic (exact) mass is 269 g/mol. The molecule has 0 saturated carbocycles. The fraction of sp³-hybridized carbons (Fsp3) is 0.200. The van der Waals surface area contributed by atoms with Crippen LogP contribution >= 0.6 is 11.7 Å². The molecule has 0 aliphatic rings. The van der Waals surface area contributed by atoms with E-state index in [1.807, 2.05) is 0 Å². The number of sulfone groups is 1. The van der Waals surface area contributed by atoms with Crippen LogP contribution in [0.25, 0.3) is 11.3 Å². The highest BCUT2D eigenvalue weighted by Gasteiger charge is 2.12. The molecule has 0 saturated heterocycles. The van der Waals surface area contributed by atoms with Crippen LogP contribution in [-0.2, 0) is 9.84 Å². The van der Waals surface area contributed by atoms with Crippen LogP contribution < -0.4 is 5.73 Å². The number of benzene rings is 1. The van der Waals surface area contributed by atoms with Gasteiger partial charge in [-0.05, 0) is 12.1 Å². The molecule has 17 heavy (non-hydrogen) atoms. The van der Waals surface area contributed by atoms with Crippen LogP contribution in [0, 0.1) is 0 Å². The molecule has 0 aliphatic heterocycles. The second kappa shape index (κ2) is 4.42.